The maximum Gasteiger partial charge on any atom is 0.490 e. The maximum atomic E-state index is 13.4. The van der Waals surface area contributed by atoms with Crippen LogP contribution in [0.5, 0.6) is 0 Å². The number of halogens is 7. The molecule has 0 unspecified atom stereocenters. The van der Waals surface area contributed by atoms with Crippen molar-refractivity contribution < 1.29 is 55.7 Å². The van der Waals surface area contributed by atoms with E-state index < -0.39 is 24.3 Å². The number of aryl methyl sites for hydroxylation is 2. The fourth-order valence-electron chi connectivity index (χ4n) is 5.13. The zero-order valence-corrected chi connectivity index (χ0v) is 29.2. The number of pyridine rings is 1. The second-order valence-corrected chi connectivity index (χ2v) is 12.2. The van der Waals surface area contributed by atoms with Gasteiger partial charge in [0.1, 0.15) is 5.02 Å². The normalized spacial score (nSPS) is 14.7. The lowest BCUT2D eigenvalue weighted by molar-refractivity contribution is -0.193. The number of carboxylic acids is 2. The van der Waals surface area contributed by atoms with Crippen LogP contribution in [0.4, 0.5) is 60.0 Å². The van der Waals surface area contributed by atoms with Gasteiger partial charge < -0.3 is 36.0 Å². The fourth-order valence-corrected chi connectivity index (χ4v) is 5.27. The molecule has 5 N–H and O–H groups in total. The lowest BCUT2D eigenvalue weighted by Gasteiger charge is -2.26. The summed E-state index contributed by atoms with van der Waals surface area (Å²) >= 11 is 6.38. The van der Waals surface area contributed by atoms with Gasteiger partial charge in [0, 0.05) is 43.3 Å². The zero-order chi connectivity index (χ0) is 40.5. The molecule has 1 saturated heterocycles. The van der Waals surface area contributed by atoms with Crippen molar-refractivity contribution in [2.75, 3.05) is 36.1 Å². The number of likely N-dealkylation sites (N-methyl/N-ethyl adjacent to an activating group) is 1. The number of aliphatic carboxylic acids is 2. The molecule has 1 fully saturated rings. The number of urea groups is 1. The topological polar surface area (TPSA) is 190 Å². The summed E-state index contributed by atoms with van der Waals surface area (Å²) in [4.78, 5) is 60.7. The third-order valence-electron chi connectivity index (χ3n) is 7.91. The SMILES string of the molecule is CN(C(=O)Nc1ccc2cc1CCc1cncc(c1)Nc1ncc(Cl)c(n1)N2)[C@H]1CCN(C(=O)c2ccccc2)C1.O=C(O)C(F)(F)F.O=C(O)C(F)(F)F. The highest BCUT2D eigenvalue weighted by atomic mass is 35.5. The minimum atomic E-state index is -5.08. The lowest BCUT2D eigenvalue weighted by atomic mass is 10.0. The number of hydrogen-bond donors (Lipinski definition) is 5. The van der Waals surface area contributed by atoms with Crippen LogP contribution < -0.4 is 16.0 Å². The highest BCUT2D eigenvalue weighted by Crippen LogP contribution is 2.30. The van der Waals surface area contributed by atoms with Crippen molar-refractivity contribution in [1.82, 2.24) is 24.8 Å². The fraction of sp³-hybridized carbons (Fsp3) is 0.265. The third-order valence-corrected chi connectivity index (χ3v) is 8.19. The number of carbonyl (C=O) groups excluding carboxylic acids is 2. The number of aromatic nitrogens is 3. The van der Waals surface area contributed by atoms with Gasteiger partial charge in [0.2, 0.25) is 5.95 Å². The van der Waals surface area contributed by atoms with Crippen molar-refractivity contribution in [3.8, 4) is 0 Å². The highest BCUT2D eigenvalue weighted by molar-refractivity contribution is 6.32. The molecule has 292 valence electrons. The number of carboxylic acid groups (broad SMARTS) is 2. The number of likely N-dealkylation sites (tertiary alicyclic amines) is 1. The van der Waals surface area contributed by atoms with E-state index in [1.165, 1.54) is 0 Å². The second-order valence-electron chi connectivity index (χ2n) is 11.8. The van der Waals surface area contributed by atoms with E-state index in [1.54, 1.807) is 24.3 Å². The van der Waals surface area contributed by atoms with Gasteiger partial charge in [-0.2, -0.15) is 31.3 Å². The molecule has 1 atom stereocenters. The standard InChI is InChI=1S/C30H29ClN8O2.2C2HF3O2/c1-38(24-11-12-39(18-24)28(40)20-5-3-2-4-6-20)30(41)36-26-10-9-22-14-21(26)8-7-19-13-23(16-32-15-19)35-29-33-17-25(31)27(34-22)37-29;2*3-2(4,5)1(6)7/h2-6,9-10,13-17,24H,7-8,11-12,18H2,1H3,(H,36,41)(H2,33,34,35,37);2*(H,6,7)/t24-;;/m0../s1. The van der Waals surface area contributed by atoms with Gasteiger partial charge in [-0.3, -0.25) is 9.78 Å². The number of nitrogens with zero attached hydrogens (tertiary/aromatic N) is 5. The molecule has 14 nitrogen and oxygen atoms in total. The number of anilines is 5. The van der Waals surface area contributed by atoms with Crippen LogP contribution in [-0.2, 0) is 22.4 Å². The highest BCUT2D eigenvalue weighted by Gasteiger charge is 2.39. The first-order valence-corrected chi connectivity index (χ1v) is 16.3. The summed E-state index contributed by atoms with van der Waals surface area (Å²) in [5.41, 5.74) is 4.91. The van der Waals surface area contributed by atoms with Gasteiger partial charge >= 0.3 is 30.3 Å². The maximum absolute atomic E-state index is 13.4. The Bertz CT molecular complexity index is 2000. The molecule has 0 saturated carbocycles. The van der Waals surface area contributed by atoms with Crippen molar-refractivity contribution in [1.29, 1.82) is 0 Å². The Kier molecular flexibility index (Phi) is 13.4. The predicted octanol–water partition coefficient (Wildman–Crippen LogP) is 6.76. The minimum absolute atomic E-state index is 0.0130. The Labute approximate surface area is 313 Å². The molecule has 6 bridgehead atoms. The van der Waals surface area contributed by atoms with Gasteiger partial charge in [-0.1, -0.05) is 29.8 Å². The van der Waals surface area contributed by atoms with Crippen LogP contribution in [0.15, 0.2) is 73.2 Å². The quantitative estimate of drug-likeness (QED) is 0.138. The number of amides is 3. The minimum Gasteiger partial charge on any atom is -0.475 e. The second kappa shape index (κ2) is 17.8. The van der Waals surface area contributed by atoms with E-state index in [0.717, 1.165) is 28.9 Å². The third kappa shape index (κ3) is 11.9. The predicted molar refractivity (Wildman–Crippen MR) is 187 cm³/mol. The van der Waals surface area contributed by atoms with E-state index >= 15 is 0 Å². The monoisotopic (exact) mass is 796 g/mol. The molecule has 0 spiro atoms. The van der Waals surface area contributed by atoms with Crippen LogP contribution in [-0.4, -0.2) is 97.4 Å². The van der Waals surface area contributed by atoms with Crippen molar-refractivity contribution in [2.24, 2.45) is 0 Å². The molecule has 4 heterocycles. The number of hydrogen-bond acceptors (Lipinski definition) is 9. The van der Waals surface area contributed by atoms with E-state index in [4.69, 9.17) is 31.4 Å². The zero-order valence-electron chi connectivity index (χ0n) is 28.5. The van der Waals surface area contributed by atoms with E-state index in [1.807, 2.05) is 65.7 Å². The average Bonchev–Trinajstić information content (AvgIpc) is 3.63. The van der Waals surface area contributed by atoms with E-state index in [9.17, 15) is 35.9 Å². The van der Waals surface area contributed by atoms with Crippen LogP contribution in [0.25, 0.3) is 0 Å². The van der Waals surface area contributed by atoms with Crippen LogP contribution >= 0.6 is 11.6 Å². The molecule has 21 heteroatoms. The first-order chi connectivity index (χ1) is 25.8. The first kappa shape index (κ1) is 41.6. The molecule has 0 aliphatic carbocycles. The Morgan fingerprint density at radius 1 is 0.891 bits per heavy atom. The smallest absolute Gasteiger partial charge is 0.475 e. The van der Waals surface area contributed by atoms with E-state index in [-0.39, 0.29) is 18.0 Å². The molecular weight excluding hydrogens is 766 g/mol. The molecule has 3 amide bonds. The number of benzene rings is 2. The van der Waals surface area contributed by atoms with Gasteiger partial charge in [-0.25, -0.2) is 19.4 Å². The summed E-state index contributed by atoms with van der Waals surface area (Å²) < 4.78 is 63.5. The molecule has 55 heavy (non-hydrogen) atoms. The number of carbonyl (C=O) groups is 4. The molecular formula is C34H31ClF6N8O6. The van der Waals surface area contributed by atoms with Crippen molar-refractivity contribution >= 4 is 64.3 Å². The number of alkyl halides is 6. The lowest BCUT2D eigenvalue weighted by Crippen LogP contribution is -2.42. The number of fused-ring (bicyclic) bond motifs is 6. The molecule has 0 radical (unpaired) electrons. The number of nitrogens with one attached hydrogen (secondary N) is 3. The van der Waals surface area contributed by atoms with Crippen LogP contribution in [0.2, 0.25) is 5.02 Å². The number of rotatable bonds is 3. The molecule has 2 aliphatic heterocycles. The largest absolute Gasteiger partial charge is 0.490 e. The van der Waals surface area contributed by atoms with E-state index in [0.29, 0.717) is 54.0 Å². The summed E-state index contributed by atoms with van der Waals surface area (Å²) in [6.07, 6.45) is -2.98. The van der Waals surface area contributed by atoms with Crippen LogP contribution in [0.3, 0.4) is 0 Å². The molecule has 4 aromatic rings. The van der Waals surface area contributed by atoms with Gasteiger partial charge in [0.05, 0.1) is 24.1 Å². The van der Waals surface area contributed by atoms with Crippen molar-refractivity contribution in [3.05, 3.63) is 94.9 Å². The van der Waals surface area contributed by atoms with Crippen molar-refractivity contribution in [3.63, 3.8) is 0 Å². The molecule has 6 rings (SSSR count). The van der Waals surface area contributed by atoms with Crippen molar-refractivity contribution in [2.45, 2.75) is 37.7 Å². The Balaban J connectivity index is 0.000000410. The molecule has 2 aromatic carbocycles. The Morgan fingerprint density at radius 3 is 2.18 bits per heavy atom. The van der Waals surface area contributed by atoms with Crippen LogP contribution in [0.1, 0.15) is 27.9 Å². The Hall–Kier alpha value is -6.18. The van der Waals surface area contributed by atoms with Gasteiger partial charge in [-0.05, 0) is 66.8 Å². The van der Waals surface area contributed by atoms with Gasteiger partial charge in [0.25, 0.3) is 5.91 Å². The van der Waals surface area contributed by atoms with Gasteiger partial charge in [0.15, 0.2) is 5.82 Å². The first-order valence-electron chi connectivity index (χ1n) is 15.9. The summed E-state index contributed by atoms with van der Waals surface area (Å²) in [7, 11) is 1.78. The van der Waals surface area contributed by atoms with E-state index in [2.05, 4.69) is 30.9 Å². The molecule has 2 aliphatic rings. The summed E-state index contributed by atoms with van der Waals surface area (Å²) in [6.45, 7) is 1.10. The average molecular weight is 797 g/mol. The van der Waals surface area contributed by atoms with Gasteiger partial charge in [-0.15, -0.1) is 0 Å². The summed E-state index contributed by atoms with van der Waals surface area (Å²) in [5.74, 6) is -4.66. The van der Waals surface area contributed by atoms with Crippen LogP contribution in [0, 0.1) is 0 Å². The summed E-state index contributed by atoms with van der Waals surface area (Å²) in [5, 5.41) is 24.2. The Morgan fingerprint density at radius 2 is 1.55 bits per heavy atom. The summed E-state index contributed by atoms with van der Waals surface area (Å²) in [6, 6.07) is 16.7. The molecule has 2 aromatic heterocycles.